The Bertz CT molecular complexity index is 1790. The predicted octanol–water partition coefficient (Wildman–Crippen LogP) is 3.13. The van der Waals surface area contributed by atoms with E-state index >= 15 is 0 Å². The summed E-state index contributed by atoms with van der Waals surface area (Å²) in [6.45, 7) is 0.511. The molecule has 3 aromatic heterocycles. The summed E-state index contributed by atoms with van der Waals surface area (Å²) in [4.78, 5) is 48.3. The lowest BCUT2D eigenvalue weighted by Gasteiger charge is -2.28. The van der Waals surface area contributed by atoms with Gasteiger partial charge in [-0.25, -0.2) is 9.37 Å². The highest BCUT2D eigenvalue weighted by Crippen LogP contribution is 2.37. The summed E-state index contributed by atoms with van der Waals surface area (Å²) in [5.41, 5.74) is 6.00. The second-order valence-electron chi connectivity index (χ2n) is 8.41. The Labute approximate surface area is 207 Å². The van der Waals surface area contributed by atoms with E-state index < -0.39 is 23.0 Å². The number of nitrogens with one attached hydrogen (secondary N) is 1. The molecule has 0 bridgehead atoms. The summed E-state index contributed by atoms with van der Waals surface area (Å²) in [5, 5.41) is 0.661. The standard InChI is InChI=1S/C24H18ClFN8O2/c25-14-6-2-7-15-17(14)23(36)34(13-5-1-4-12(26)10-13)20(30-15)16-8-3-9-33(16)21-18-19(31-24(27)32-21)28-11-29-22(18)35/h1-2,4-7,10-11,16H,3,8-9H2,(H3,27,28,29,31,32,35). The number of aromatic amines is 1. The quantitative estimate of drug-likeness (QED) is 0.382. The van der Waals surface area contributed by atoms with Crippen molar-refractivity contribution in [3.63, 3.8) is 0 Å². The molecule has 3 N–H and O–H groups in total. The molecule has 10 nitrogen and oxygen atoms in total. The number of nitrogen functional groups attached to an aromatic ring is 1. The fraction of sp³-hybridized carbons (Fsp3) is 0.167. The van der Waals surface area contributed by atoms with Gasteiger partial charge in [0, 0.05) is 6.54 Å². The number of halogens is 2. The first-order valence-electron chi connectivity index (χ1n) is 11.2. The summed E-state index contributed by atoms with van der Waals surface area (Å²) in [7, 11) is 0. The molecule has 1 atom stereocenters. The SMILES string of the molecule is Nc1nc(N2CCCC2c2nc3cccc(Cl)c3c(=O)n2-c2cccc(F)c2)c2c(=O)nc[nH]c2n1. The zero-order valence-corrected chi connectivity index (χ0v) is 19.4. The van der Waals surface area contributed by atoms with Crippen LogP contribution in [0.15, 0.2) is 58.4 Å². The number of nitrogens with zero attached hydrogens (tertiary/aromatic N) is 6. The Morgan fingerprint density at radius 1 is 1.08 bits per heavy atom. The zero-order valence-electron chi connectivity index (χ0n) is 18.7. The van der Waals surface area contributed by atoms with Crippen molar-refractivity contribution in [2.75, 3.05) is 17.2 Å². The number of hydrogen-bond acceptors (Lipinski definition) is 8. The molecule has 1 fully saturated rings. The zero-order chi connectivity index (χ0) is 25.0. The van der Waals surface area contributed by atoms with E-state index in [0.717, 1.165) is 6.42 Å². The lowest BCUT2D eigenvalue weighted by molar-refractivity contribution is 0.617. The second-order valence-corrected chi connectivity index (χ2v) is 8.82. The molecule has 1 aliphatic heterocycles. The van der Waals surface area contributed by atoms with Crippen molar-refractivity contribution >= 4 is 45.3 Å². The van der Waals surface area contributed by atoms with Crippen LogP contribution >= 0.6 is 11.6 Å². The summed E-state index contributed by atoms with van der Waals surface area (Å²) in [6, 6.07) is 10.3. The highest BCUT2D eigenvalue weighted by atomic mass is 35.5. The minimum atomic E-state index is -0.509. The van der Waals surface area contributed by atoms with Crippen molar-refractivity contribution in [2.24, 2.45) is 0 Å². The van der Waals surface area contributed by atoms with Crippen LogP contribution in [0.1, 0.15) is 24.7 Å². The topological polar surface area (TPSA) is 136 Å². The van der Waals surface area contributed by atoms with Gasteiger partial charge in [0.1, 0.15) is 22.8 Å². The molecule has 36 heavy (non-hydrogen) atoms. The highest BCUT2D eigenvalue weighted by molar-refractivity contribution is 6.35. The van der Waals surface area contributed by atoms with Crippen molar-refractivity contribution in [1.82, 2.24) is 29.5 Å². The molecule has 2 aromatic carbocycles. The maximum atomic E-state index is 14.2. The molecule has 0 radical (unpaired) electrons. The molecule has 5 aromatic rings. The number of rotatable bonds is 3. The maximum absolute atomic E-state index is 14.2. The molecule has 0 saturated carbocycles. The Morgan fingerprint density at radius 3 is 2.75 bits per heavy atom. The lowest BCUT2D eigenvalue weighted by atomic mass is 10.1. The Hall–Kier alpha value is -4.38. The van der Waals surface area contributed by atoms with E-state index in [1.165, 1.54) is 29.1 Å². The van der Waals surface area contributed by atoms with Gasteiger partial charge in [-0.1, -0.05) is 23.7 Å². The van der Waals surface area contributed by atoms with Crippen molar-refractivity contribution < 1.29 is 4.39 Å². The molecule has 12 heteroatoms. The van der Waals surface area contributed by atoms with Gasteiger partial charge in [-0.2, -0.15) is 15.0 Å². The first-order chi connectivity index (χ1) is 17.4. The van der Waals surface area contributed by atoms with Crippen LogP contribution in [0.3, 0.4) is 0 Å². The average molecular weight is 505 g/mol. The first-order valence-corrected chi connectivity index (χ1v) is 11.5. The molecule has 6 rings (SSSR count). The van der Waals surface area contributed by atoms with Crippen LogP contribution < -0.4 is 21.8 Å². The molecule has 0 spiro atoms. The fourth-order valence-corrected chi connectivity index (χ4v) is 5.03. The van der Waals surface area contributed by atoms with Crippen LogP contribution in [0, 0.1) is 5.82 Å². The van der Waals surface area contributed by atoms with Crippen molar-refractivity contribution in [3.05, 3.63) is 86.2 Å². The molecule has 1 unspecified atom stereocenters. The van der Waals surface area contributed by atoms with Gasteiger partial charge in [0.15, 0.2) is 5.65 Å². The van der Waals surface area contributed by atoms with Gasteiger partial charge in [0.05, 0.1) is 34.0 Å². The minimum Gasteiger partial charge on any atom is -0.368 e. The van der Waals surface area contributed by atoms with Crippen molar-refractivity contribution in [1.29, 1.82) is 0 Å². The number of aromatic nitrogens is 6. The minimum absolute atomic E-state index is 0.0224. The molecule has 0 aliphatic carbocycles. The Kier molecular flexibility index (Phi) is 5.15. The number of benzene rings is 2. The molecule has 0 amide bonds. The van der Waals surface area contributed by atoms with Gasteiger partial charge in [0.2, 0.25) is 5.95 Å². The number of nitrogens with two attached hydrogens (primary N) is 1. The Morgan fingerprint density at radius 2 is 1.92 bits per heavy atom. The Balaban J connectivity index is 1.64. The molecule has 180 valence electrons. The van der Waals surface area contributed by atoms with Crippen LogP contribution in [-0.2, 0) is 0 Å². The maximum Gasteiger partial charge on any atom is 0.285 e. The third kappa shape index (κ3) is 3.47. The van der Waals surface area contributed by atoms with Gasteiger partial charge < -0.3 is 15.6 Å². The van der Waals surface area contributed by atoms with Gasteiger partial charge in [-0.3, -0.25) is 14.2 Å². The van der Waals surface area contributed by atoms with E-state index in [0.29, 0.717) is 35.8 Å². The third-order valence-corrected chi connectivity index (χ3v) is 6.58. The predicted molar refractivity (Wildman–Crippen MR) is 134 cm³/mol. The largest absolute Gasteiger partial charge is 0.368 e. The normalized spacial score (nSPS) is 15.7. The third-order valence-electron chi connectivity index (χ3n) is 6.27. The van der Waals surface area contributed by atoms with E-state index in [9.17, 15) is 14.0 Å². The van der Waals surface area contributed by atoms with Crippen LogP contribution in [0.25, 0.3) is 27.6 Å². The summed E-state index contributed by atoms with van der Waals surface area (Å²) >= 11 is 6.38. The molecular weight excluding hydrogens is 487 g/mol. The highest BCUT2D eigenvalue weighted by Gasteiger charge is 2.34. The monoisotopic (exact) mass is 504 g/mol. The average Bonchev–Trinajstić information content (AvgIpc) is 3.33. The molecular formula is C24H18ClFN8O2. The van der Waals surface area contributed by atoms with Gasteiger partial charge in [-0.05, 0) is 43.2 Å². The van der Waals surface area contributed by atoms with Gasteiger partial charge in [0.25, 0.3) is 11.1 Å². The van der Waals surface area contributed by atoms with Crippen LogP contribution in [0.5, 0.6) is 0 Å². The van der Waals surface area contributed by atoms with Crippen LogP contribution in [0.4, 0.5) is 16.2 Å². The van der Waals surface area contributed by atoms with Crippen molar-refractivity contribution in [3.8, 4) is 5.69 Å². The summed E-state index contributed by atoms with van der Waals surface area (Å²) in [5.74, 6) is 0.134. The number of fused-ring (bicyclic) bond motifs is 2. The van der Waals surface area contributed by atoms with E-state index in [1.54, 1.807) is 24.3 Å². The molecule has 4 heterocycles. The van der Waals surface area contributed by atoms with Crippen LogP contribution in [0.2, 0.25) is 5.02 Å². The van der Waals surface area contributed by atoms with E-state index in [4.69, 9.17) is 22.3 Å². The number of H-pyrrole nitrogens is 1. The van der Waals surface area contributed by atoms with Gasteiger partial charge in [-0.15, -0.1) is 0 Å². The fourth-order valence-electron chi connectivity index (χ4n) is 4.78. The lowest BCUT2D eigenvalue weighted by Crippen LogP contribution is -2.33. The van der Waals surface area contributed by atoms with E-state index in [-0.39, 0.29) is 27.4 Å². The molecule has 1 aliphatic rings. The van der Waals surface area contributed by atoms with Crippen LogP contribution in [-0.4, -0.2) is 36.0 Å². The van der Waals surface area contributed by atoms with E-state index in [1.807, 2.05) is 4.90 Å². The first kappa shape index (κ1) is 22.1. The number of hydrogen-bond donors (Lipinski definition) is 2. The number of anilines is 2. The van der Waals surface area contributed by atoms with E-state index in [2.05, 4.69) is 19.9 Å². The molecule has 1 saturated heterocycles. The summed E-state index contributed by atoms with van der Waals surface area (Å²) in [6.07, 6.45) is 2.57. The summed E-state index contributed by atoms with van der Waals surface area (Å²) < 4.78 is 15.6. The smallest absolute Gasteiger partial charge is 0.285 e. The van der Waals surface area contributed by atoms with Crippen molar-refractivity contribution in [2.45, 2.75) is 18.9 Å². The second kappa shape index (κ2) is 8.38. The van der Waals surface area contributed by atoms with Gasteiger partial charge >= 0.3 is 0 Å².